The number of nitrogens with one attached hydrogen (secondary N) is 2. The predicted molar refractivity (Wildman–Crippen MR) is 113 cm³/mol. The second-order valence-corrected chi connectivity index (χ2v) is 7.94. The summed E-state index contributed by atoms with van der Waals surface area (Å²) >= 11 is 6.08. The Morgan fingerprint density at radius 3 is 2.50 bits per heavy atom. The van der Waals surface area contributed by atoms with Crippen LogP contribution in [0, 0.1) is 0 Å². The van der Waals surface area contributed by atoms with Gasteiger partial charge >= 0.3 is 6.03 Å². The summed E-state index contributed by atoms with van der Waals surface area (Å²) in [4.78, 5) is 38.2. The van der Waals surface area contributed by atoms with E-state index in [1.165, 1.54) is 0 Å². The average molecular weight is 428 g/mol. The first kappa shape index (κ1) is 20.2. The molecule has 8 heteroatoms. The number of nitrogens with zero attached hydrogens (tertiary/aromatic N) is 1. The van der Waals surface area contributed by atoms with Crippen LogP contribution in [-0.2, 0) is 9.59 Å². The molecule has 7 nitrogen and oxygen atoms in total. The number of rotatable bonds is 6. The van der Waals surface area contributed by atoms with E-state index in [2.05, 4.69) is 10.6 Å². The molecule has 2 N–H and O–H groups in total. The normalized spacial score (nSPS) is 17.3. The summed E-state index contributed by atoms with van der Waals surface area (Å²) in [5.74, 6) is 0.647. The molecule has 1 saturated heterocycles. The molecule has 30 heavy (non-hydrogen) atoms. The van der Waals surface area contributed by atoms with Crippen LogP contribution in [-0.4, -0.2) is 34.8 Å². The first-order valence-electron chi connectivity index (χ1n) is 9.93. The van der Waals surface area contributed by atoms with Crippen molar-refractivity contribution >= 4 is 35.1 Å². The van der Waals surface area contributed by atoms with Crippen LogP contribution in [0.5, 0.6) is 11.5 Å². The van der Waals surface area contributed by atoms with Crippen molar-refractivity contribution < 1.29 is 19.1 Å². The largest absolute Gasteiger partial charge is 0.456 e. The number of amides is 4. The molecule has 0 bridgehead atoms. The minimum absolute atomic E-state index is 0.0348. The zero-order valence-corrected chi connectivity index (χ0v) is 17.1. The van der Waals surface area contributed by atoms with E-state index in [0.717, 1.165) is 17.7 Å². The first-order valence-corrected chi connectivity index (χ1v) is 10.3. The van der Waals surface area contributed by atoms with E-state index < -0.39 is 11.6 Å². The molecule has 0 unspecified atom stereocenters. The van der Waals surface area contributed by atoms with Crippen LogP contribution in [0.2, 0.25) is 5.02 Å². The number of benzene rings is 2. The first-order chi connectivity index (χ1) is 14.5. The van der Waals surface area contributed by atoms with Crippen molar-refractivity contribution in [2.45, 2.75) is 37.6 Å². The minimum Gasteiger partial charge on any atom is -0.456 e. The van der Waals surface area contributed by atoms with Gasteiger partial charge in [0.15, 0.2) is 0 Å². The summed E-state index contributed by atoms with van der Waals surface area (Å²) in [6.07, 6.45) is 3.23. The molecule has 4 rings (SSSR count). The van der Waals surface area contributed by atoms with Gasteiger partial charge in [0, 0.05) is 18.7 Å². The number of halogens is 1. The molecule has 1 spiro atoms. The summed E-state index contributed by atoms with van der Waals surface area (Å²) in [6, 6.07) is 13.6. The zero-order chi connectivity index (χ0) is 21.1. The van der Waals surface area contributed by atoms with Crippen molar-refractivity contribution in [2.24, 2.45) is 0 Å². The number of hydrogen-bond acceptors (Lipinski definition) is 4. The Morgan fingerprint density at radius 2 is 1.80 bits per heavy atom. The van der Waals surface area contributed by atoms with Gasteiger partial charge in [0.1, 0.15) is 17.0 Å². The van der Waals surface area contributed by atoms with Gasteiger partial charge in [-0.1, -0.05) is 36.6 Å². The quantitative estimate of drug-likeness (QED) is 0.672. The van der Waals surface area contributed by atoms with Crippen molar-refractivity contribution in [3.05, 3.63) is 53.6 Å². The molecule has 4 amide bonds. The lowest BCUT2D eigenvalue weighted by atomic mass is 9.98. The highest BCUT2D eigenvalue weighted by Crippen LogP contribution is 2.35. The third-order valence-electron chi connectivity index (χ3n) is 5.47. The van der Waals surface area contributed by atoms with Crippen molar-refractivity contribution in [3.63, 3.8) is 0 Å². The van der Waals surface area contributed by atoms with E-state index in [9.17, 15) is 14.4 Å². The lowest BCUT2D eigenvalue weighted by Gasteiger charge is -2.19. The molecule has 1 aliphatic carbocycles. The number of carbonyl (C=O) groups excluding carboxylic acids is 3. The fourth-order valence-corrected chi connectivity index (χ4v) is 4.07. The second kappa shape index (κ2) is 8.36. The van der Waals surface area contributed by atoms with Gasteiger partial charge in [0.25, 0.3) is 5.91 Å². The molecule has 0 radical (unpaired) electrons. The van der Waals surface area contributed by atoms with E-state index in [-0.39, 0.29) is 24.8 Å². The van der Waals surface area contributed by atoms with E-state index in [4.69, 9.17) is 16.3 Å². The minimum atomic E-state index is -0.745. The number of carbonyl (C=O) groups is 3. The highest BCUT2D eigenvalue weighted by atomic mass is 35.5. The predicted octanol–water partition coefficient (Wildman–Crippen LogP) is 4.33. The third kappa shape index (κ3) is 4.11. The van der Waals surface area contributed by atoms with Gasteiger partial charge in [0.05, 0.1) is 5.02 Å². The van der Waals surface area contributed by atoms with Crippen molar-refractivity contribution in [1.29, 1.82) is 0 Å². The Labute approximate surface area is 179 Å². The number of ether oxygens (including phenoxy) is 1. The summed E-state index contributed by atoms with van der Waals surface area (Å²) in [6.45, 7) is 0.0615. The van der Waals surface area contributed by atoms with E-state index in [1.807, 2.05) is 12.1 Å². The maximum Gasteiger partial charge on any atom is 0.325 e. The van der Waals surface area contributed by atoms with E-state index in [0.29, 0.717) is 35.1 Å². The topological polar surface area (TPSA) is 87.7 Å². The van der Waals surface area contributed by atoms with Crippen LogP contribution >= 0.6 is 11.6 Å². The van der Waals surface area contributed by atoms with Crippen molar-refractivity contribution in [1.82, 2.24) is 10.2 Å². The zero-order valence-electron chi connectivity index (χ0n) is 16.3. The monoisotopic (exact) mass is 427 g/mol. The molecule has 1 heterocycles. The number of anilines is 1. The summed E-state index contributed by atoms with van der Waals surface area (Å²) in [7, 11) is 0. The molecule has 1 saturated carbocycles. The Kier molecular flexibility index (Phi) is 5.63. The SMILES string of the molecule is O=C(CCN1C(=O)NC2(CCCC2)C1=O)Nc1ccc(Oc2ccccc2Cl)cc1. The van der Waals surface area contributed by atoms with Gasteiger partial charge in [0.2, 0.25) is 5.91 Å². The highest BCUT2D eigenvalue weighted by Gasteiger charge is 2.52. The third-order valence-corrected chi connectivity index (χ3v) is 5.78. The van der Waals surface area contributed by atoms with Gasteiger partial charge in [-0.05, 0) is 49.2 Å². The molecule has 2 aliphatic rings. The van der Waals surface area contributed by atoms with Gasteiger partial charge in [-0.2, -0.15) is 0 Å². The maximum atomic E-state index is 12.6. The van der Waals surface area contributed by atoms with Crippen LogP contribution in [0.1, 0.15) is 32.1 Å². The van der Waals surface area contributed by atoms with Crippen molar-refractivity contribution in [2.75, 3.05) is 11.9 Å². The molecule has 1 aliphatic heterocycles. The van der Waals surface area contributed by atoms with E-state index in [1.54, 1.807) is 36.4 Å². The molecular weight excluding hydrogens is 406 g/mol. The standard InChI is InChI=1S/C22H22ClN3O4/c23-17-5-1-2-6-18(17)30-16-9-7-15(8-10-16)24-19(27)11-14-26-20(28)22(25-21(26)29)12-3-4-13-22/h1-2,5-10H,3-4,11-14H2,(H,24,27)(H,25,29). The van der Waals surface area contributed by atoms with Crippen LogP contribution in [0.4, 0.5) is 10.5 Å². The number of urea groups is 1. The van der Waals surface area contributed by atoms with Gasteiger partial charge < -0.3 is 15.4 Å². The Hall–Kier alpha value is -3.06. The smallest absolute Gasteiger partial charge is 0.325 e. The van der Waals surface area contributed by atoms with Crippen molar-refractivity contribution in [3.8, 4) is 11.5 Å². The maximum absolute atomic E-state index is 12.6. The van der Waals surface area contributed by atoms with Gasteiger partial charge in [-0.25, -0.2) is 4.79 Å². The fourth-order valence-electron chi connectivity index (χ4n) is 3.89. The Balaban J connectivity index is 1.30. The van der Waals surface area contributed by atoms with Crippen LogP contribution < -0.4 is 15.4 Å². The average Bonchev–Trinajstić information content (AvgIpc) is 3.29. The Bertz CT molecular complexity index is 971. The molecule has 2 aromatic carbocycles. The summed E-state index contributed by atoms with van der Waals surface area (Å²) in [5, 5.41) is 6.09. The lowest BCUT2D eigenvalue weighted by Crippen LogP contribution is -2.44. The number of imide groups is 1. The molecule has 0 atom stereocenters. The lowest BCUT2D eigenvalue weighted by molar-refractivity contribution is -0.131. The summed E-state index contributed by atoms with van der Waals surface area (Å²) in [5.41, 5.74) is -0.152. The fraction of sp³-hybridized carbons (Fsp3) is 0.318. The molecule has 156 valence electrons. The summed E-state index contributed by atoms with van der Waals surface area (Å²) < 4.78 is 5.72. The van der Waals surface area contributed by atoms with E-state index >= 15 is 0 Å². The second-order valence-electron chi connectivity index (χ2n) is 7.53. The van der Waals surface area contributed by atoms with Crippen LogP contribution in [0.15, 0.2) is 48.5 Å². The molecule has 0 aromatic heterocycles. The molecule has 2 fully saturated rings. The Morgan fingerprint density at radius 1 is 1.10 bits per heavy atom. The van der Waals surface area contributed by atoms with Crippen LogP contribution in [0.3, 0.4) is 0 Å². The molecular formula is C22H22ClN3O4. The van der Waals surface area contributed by atoms with Gasteiger partial charge in [-0.15, -0.1) is 0 Å². The van der Waals surface area contributed by atoms with Crippen LogP contribution in [0.25, 0.3) is 0 Å². The molecule has 2 aromatic rings. The number of hydrogen-bond donors (Lipinski definition) is 2. The number of para-hydroxylation sites is 1. The van der Waals surface area contributed by atoms with Gasteiger partial charge in [-0.3, -0.25) is 14.5 Å². The highest BCUT2D eigenvalue weighted by molar-refractivity contribution is 6.32.